The zero-order valence-corrected chi connectivity index (χ0v) is 7.46. The normalized spacial score (nSPS) is 15.5. The molecule has 0 aromatic rings. The molecule has 1 N–H and O–H groups in total. The molecular formula is C10H16O. The lowest BCUT2D eigenvalue weighted by Crippen LogP contribution is -2.02. The van der Waals surface area contributed by atoms with Crippen molar-refractivity contribution in [2.45, 2.75) is 26.9 Å². The molecule has 0 aromatic carbocycles. The highest BCUT2D eigenvalue weighted by Crippen LogP contribution is 2.04. The highest BCUT2D eigenvalue weighted by molar-refractivity contribution is 5.21. The summed E-state index contributed by atoms with van der Waals surface area (Å²) in [6.07, 6.45) is 5.16. The maximum atomic E-state index is 9.31. The Bertz CT molecular complexity index is 187. The average molecular weight is 152 g/mol. The summed E-state index contributed by atoms with van der Waals surface area (Å²) in [6.45, 7) is 9.36. The van der Waals surface area contributed by atoms with Crippen LogP contribution in [0, 0.1) is 0 Å². The van der Waals surface area contributed by atoms with E-state index in [-0.39, 0.29) is 0 Å². The Labute approximate surface area is 68.7 Å². The largest absolute Gasteiger partial charge is 0.385 e. The molecule has 1 unspecified atom stereocenters. The summed E-state index contributed by atoms with van der Waals surface area (Å²) >= 11 is 0. The molecule has 0 bridgehead atoms. The summed E-state index contributed by atoms with van der Waals surface area (Å²) in [4.78, 5) is 0. The third-order valence-electron chi connectivity index (χ3n) is 1.36. The van der Waals surface area contributed by atoms with Gasteiger partial charge in [0, 0.05) is 0 Å². The van der Waals surface area contributed by atoms with E-state index in [1.165, 1.54) is 0 Å². The fourth-order valence-corrected chi connectivity index (χ4v) is 0.710. The van der Waals surface area contributed by atoms with E-state index in [0.29, 0.717) is 0 Å². The summed E-state index contributed by atoms with van der Waals surface area (Å²) in [5.41, 5.74) is 1.83. The average Bonchev–Trinajstić information content (AvgIpc) is 1.87. The minimum absolute atomic E-state index is 0.508. The van der Waals surface area contributed by atoms with Gasteiger partial charge >= 0.3 is 0 Å². The molecule has 0 rings (SSSR count). The molecule has 0 aliphatic heterocycles. The highest BCUT2D eigenvalue weighted by atomic mass is 16.3. The van der Waals surface area contributed by atoms with E-state index < -0.39 is 6.10 Å². The van der Waals surface area contributed by atoms with Gasteiger partial charge in [-0.15, -0.1) is 0 Å². The van der Waals surface area contributed by atoms with Gasteiger partial charge in [0.15, 0.2) is 0 Å². The maximum absolute atomic E-state index is 9.31. The number of hydrogen-bond donors (Lipinski definition) is 1. The van der Waals surface area contributed by atoms with Gasteiger partial charge in [0.1, 0.15) is 0 Å². The lowest BCUT2D eigenvalue weighted by atomic mass is 10.1. The van der Waals surface area contributed by atoms with E-state index in [1.807, 2.05) is 32.9 Å². The van der Waals surface area contributed by atoms with Crippen LogP contribution in [0.1, 0.15) is 20.8 Å². The lowest BCUT2D eigenvalue weighted by molar-refractivity contribution is 0.259. The number of aliphatic hydroxyl groups excluding tert-OH is 1. The van der Waals surface area contributed by atoms with Crippen molar-refractivity contribution in [2.24, 2.45) is 0 Å². The molecule has 0 aliphatic carbocycles. The molecule has 0 saturated carbocycles. The molecule has 1 heteroatoms. The maximum Gasteiger partial charge on any atom is 0.0932 e. The van der Waals surface area contributed by atoms with E-state index in [1.54, 1.807) is 6.08 Å². The first-order valence-electron chi connectivity index (χ1n) is 3.72. The fraction of sp³-hybridized carbons (Fsp3) is 0.400. The molecular weight excluding hydrogens is 136 g/mol. The van der Waals surface area contributed by atoms with E-state index in [0.717, 1.165) is 11.1 Å². The van der Waals surface area contributed by atoms with Gasteiger partial charge in [-0.2, -0.15) is 0 Å². The van der Waals surface area contributed by atoms with Crippen LogP contribution in [0.3, 0.4) is 0 Å². The van der Waals surface area contributed by atoms with Crippen LogP contribution in [0.2, 0.25) is 0 Å². The van der Waals surface area contributed by atoms with Gasteiger partial charge in [0.2, 0.25) is 0 Å². The van der Waals surface area contributed by atoms with Crippen LogP contribution in [0.4, 0.5) is 0 Å². The smallest absolute Gasteiger partial charge is 0.0932 e. The van der Waals surface area contributed by atoms with Crippen LogP contribution in [-0.4, -0.2) is 11.2 Å². The van der Waals surface area contributed by atoms with Crippen LogP contribution >= 0.6 is 0 Å². The topological polar surface area (TPSA) is 20.2 Å². The molecule has 0 saturated heterocycles. The standard InChI is InChI=1S/C10H16O/c1-5-6-9(4)7-10(11)8(2)3/h5-7,10-11H,2H2,1,3-4H3. The Kier molecular flexibility index (Phi) is 4.55. The summed E-state index contributed by atoms with van der Waals surface area (Å²) in [7, 11) is 0. The predicted molar refractivity (Wildman–Crippen MR) is 49.4 cm³/mol. The van der Waals surface area contributed by atoms with Gasteiger partial charge < -0.3 is 5.11 Å². The second kappa shape index (κ2) is 4.91. The second-order valence-electron chi connectivity index (χ2n) is 2.70. The zero-order valence-electron chi connectivity index (χ0n) is 7.46. The van der Waals surface area contributed by atoms with E-state index >= 15 is 0 Å². The molecule has 0 aliphatic rings. The molecule has 1 atom stereocenters. The number of aliphatic hydroxyl groups is 1. The van der Waals surface area contributed by atoms with Gasteiger partial charge in [-0.05, 0) is 32.4 Å². The van der Waals surface area contributed by atoms with Gasteiger partial charge in [-0.25, -0.2) is 0 Å². The Balaban J connectivity index is 4.18. The van der Waals surface area contributed by atoms with Crippen LogP contribution < -0.4 is 0 Å². The quantitative estimate of drug-likeness (QED) is 0.486. The van der Waals surface area contributed by atoms with Crippen molar-refractivity contribution in [3.8, 4) is 0 Å². The van der Waals surface area contributed by atoms with Crippen LogP contribution in [0.5, 0.6) is 0 Å². The third-order valence-corrected chi connectivity index (χ3v) is 1.36. The molecule has 0 spiro atoms. The number of rotatable bonds is 3. The molecule has 0 aromatic heterocycles. The first kappa shape index (κ1) is 10.2. The Morgan fingerprint density at radius 3 is 2.36 bits per heavy atom. The zero-order chi connectivity index (χ0) is 8.85. The second-order valence-corrected chi connectivity index (χ2v) is 2.70. The van der Waals surface area contributed by atoms with Crippen molar-refractivity contribution in [3.63, 3.8) is 0 Å². The molecule has 0 radical (unpaired) electrons. The minimum atomic E-state index is -0.508. The SMILES string of the molecule is C=C(C)C(O)C=C(C)C=CC. The molecule has 62 valence electrons. The van der Waals surface area contributed by atoms with Gasteiger partial charge in [-0.3, -0.25) is 0 Å². The molecule has 0 heterocycles. The van der Waals surface area contributed by atoms with E-state index in [2.05, 4.69) is 6.58 Å². The first-order valence-corrected chi connectivity index (χ1v) is 3.72. The lowest BCUT2D eigenvalue weighted by Gasteiger charge is -2.03. The minimum Gasteiger partial charge on any atom is -0.385 e. The van der Waals surface area contributed by atoms with Crippen molar-refractivity contribution >= 4 is 0 Å². The monoisotopic (exact) mass is 152 g/mol. The first-order chi connectivity index (χ1) is 5.07. The number of hydrogen-bond acceptors (Lipinski definition) is 1. The van der Waals surface area contributed by atoms with Crippen molar-refractivity contribution in [3.05, 3.63) is 36.0 Å². The molecule has 0 fully saturated rings. The van der Waals surface area contributed by atoms with Crippen molar-refractivity contribution in [2.75, 3.05) is 0 Å². The molecule has 0 amide bonds. The Morgan fingerprint density at radius 1 is 1.45 bits per heavy atom. The van der Waals surface area contributed by atoms with Gasteiger partial charge in [0.25, 0.3) is 0 Å². The fourth-order valence-electron chi connectivity index (χ4n) is 0.710. The predicted octanol–water partition coefficient (Wildman–Crippen LogP) is 2.45. The summed E-state index contributed by atoms with van der Waals surface area (Å²) in [5, 5.41) is 9.31. The van der Waals surface area contributed by atoms with Crippen molar-refractivity contribution in [1.82, 2.24) is 0 Å². The Hall–Kier alpha value is -0.820. The summed E-state index contributed by atoms with van der Waals surface area (Å²) < 4.78 is 0. The van der Waals surface area contributed by atoms with Crippen LogP contribution in [0.25, 0.3) is 0 Å². The van der Waals surface area contributed by atoms with Crippen molar-refractivity contribution < 1.29 is 5.11 Å². The Morgan fingerprint density at radius 2 is 2.00 bits per heavy atom. The summed E-state index contributed by atoms with van der Waals surface area (Å²) in [5.74, 6) is 0. The van der Waals surface area contributed by atoms with E-state index in [9.17, 15) is 5.11 Å². The third kappa shape index (κ3) is 4.57. The van der Waals surface area contributed by atoms with E-state index in [4.69, 9.17) is 0 Å². The van der Waals surface area contributed by atoms with Gasteiger partial charge in [0.05, 0.1) is 6.10 Å². The van der Waals surface area contributed by atoms with Crippen LogP contribution in [-0.2, 0) is 0 Å². The van der Waals surface area contributed by atoms with Crippen LogP contribution in [0.15, 0.2) is 36.0 Å². The number of allylic oxidation sites excluding steroid dienone is 3. The molecule has 11 heavy (non-hydrogen) atoms. The molecule has 1 nitrogen and oxygen atoms in total. The summed E-state index contributed by atoms with van der Waals surface area (Å²) in [6, 6.07) is 0. The van der Waals surface area contributed by atoms with Gasteiger partial charge in [-0.1, -0.05) is 24.3 Å². The highest BCUT2D eigenvalue weighted by Gasteiger charge is 1.98. The van der Waals surface area contributed by atoms with Crippen molar-refractivity contribution in [1.29, 1.82) is 0 Å².